The maximum absolute atomic E-state index is 11.6. The predicted octanol–water partition coefficient (Wildman–Crippen LogP) is 7.45. The van der Waals surface area contributed by atoms with Crippen molar-refractivity contribution in [2.75, 3.05) is 0 Å². The molecule has 0 aromatic heterocycles. The van der Waals surface area contributed by atoms with Gasteiger partial charge in [-0.25, -0.2) is 0 Å². The maximum atomic E-state index is 11.6. The van der Waals surface area contributed by atoms with Gasteiger partial charge < -0.3 is 5.11 Å². The Hall–Kier alpha value is -0.130. The van der Waals surface area contributed by atoms with Crippen LogP contribution in [-0.2, 0) is 10.1 Å². The van der Waals surface area contributed by atoms with Crippen molar-refractivity contribution < 1.29 is 18.1 Å². The maximum Gasteiger partial charge on any atom is 0.267 e. The van der Waals surface area contributed by atoms with Crippen molar-refractivity contribution in [1.82, 2.24) is 0 Å². The van der Waals surface area contributed by atoms with E-state index in [4.69, 9.17) is 0 Å². The molecular weight excluding hydrogens is 384 g/mol. The molecule has 0 saturated carbocycles. The topological polar surface area (TPSA) is 74.6 Å². The van der Waals surface area contributed by atoms with E-state index < -0.39 is 15.4 Å². The Balaban J connectivity index is 3.63. The molecule has 0 heterocycles. The third-order valence-electron chi connectivity index (χ3n) is 6.01. The molecule has 0 aliphatic rings. The average molecular weight is 435 g/mol. The van der Waals surface area contributed by atoms with Gasteiger partial charge in [-0.15, -0.1) is 0 Å². The van der Waals surface area contributed by atoms with E-state index >= 15 is 0 Å². The second-order valence-corrected chi connectivity index (χ2v) is 10.6. The molecule has 0 aliphatic heterocycles. The zero-order valence-corrected chi connectivity index (χ0v) is 20.2. The minimum absolute atomic E-state index is 0.109. The molecule has 0 spiro atoms. The summed E-state index contributed by atoms with van der Waals surface area (Å²) in [6.07, 6.45) is 21.2. The Bertz CT molecular complexity index is 436. The van der Waals surface area contributed by atoms with E-state index in [9.17, 15) is 18.1 Å². The first-order chi connectivity index (χ1) is 13.9. The average Bonchev–Trinajstić information content (AvgIpc) is 2.67. The predicted molar refractivity (Wildman–Crippen MR) is 125 cm³/mol. The Morgan fingerprint density at radius 2 is 0.897 bits per heavy atom. The van der Waals surface area contributed by atoms with Crippen molar-refractivity contribution in [2.45, 2.75) is 154 Å². The molecule has 5 heteroatoms. The monoisotopic (exact) mass is 434 g/mol. The standard InChI is InChI=1S/C24H50O4S/c1-3-5-7-8-14-17-21-24(29(26,27)28)22-18-15-12-10-9-11-13-16-20-23(25)19-6-4-2/h23-25H,3-22H2,1-2H3,(H,26,27,28). The molecule has 0 fully saturated rings. The van der Waals surface area contributed by atoms with Gasteiger partial charge in [-0.3, -0.25) is 4.55 Å². The van der Waals surface area contributed by atoms with E-state index in [0.717, 1.165) is 64.2 Å². The normalized spacial score (nSPS) is 14.2. The van der Waals surface area contributed by atoms with E-state index in [1.165, 1.54) is 51.4 Å². The molecule has 29 heavy (non-hydrogen) atoms. The summed E-state index contributed by atoms with van der Waals surface area (Å²) < 4.78 is 32.7. The summed E-state index contributed by atoms with van der Waals surface area (Å²) in [6.45, 7) is 4.35. The van der Waals surface area contributed by atoms with Gasteiger partial charge in [-0.2, -0.15) is 8.42 Å². The molecule has 0 aromatic carbocycles. The first kappa shape index (κ1) is 28.9. The minimum atomic E-state index is -3.90. The molecule has 0 aliphatic carbocycles. The van der Waals surface area contributed by atoms with Gasteiger partial charge in [0, 0.05) is 0 Å². The van der Waals surface area contributed by atoms with Gasteiger partial charge in [0.15, 0.2) is 0 Å². The Morgan fingerprint density at radius 3 is 1.31 bits per heavy atom. The van der Waals surface area contributed by atoms with Crippen LogP contribution >= 0.6 is 0 Å². The lowest BCUT2D eigenvalue weighted by Crippen LogP contribution is -2.20. The highest BCUT2D eigenvalue weighted by Gasteiger charge is 2.21. The lowest BCUT2D eigenvalue weighted by Gasteiger charge is -2.13. The molecule has 4 nitrogen and oxygen atoms in total. The molecule has 0 saturated heterocycles. The third-order valence-corrected chi connectivity index (χ3v) is 7.32. The largest absolute Gasteiger partial charge is 0.393 e. The third kappa shape index (κ3) is 19.6. The molecule has 2 atom stereocenters. The Morgan fingerprint density at radius 1 is 0.552 bits per heavy atom. The van der Waals surface area contributed by atoms with Gasteiger partial charge in [-0.1, -0.05) is 117 Å². The first-order valence-corrected chi connectivity index (χ1v) is 14.1. The van der Waals surface area contributed by atoms with Gasteiger partial charge in [-0.05, 0) is 25.7 Å². The molecule has 176 valence electrons. The van der Waals surface area contributed by atoms with E-state index in [0.29, 0.717) is 12.8 Å². The molecule has 0 radical (unpaired) electrons. The molecule has 0 bridgehead atoms. The highest BCUT2D eigenvalue weighted by molar-refractivity contribution is 7.86. The highest BCUT2D eigenvalue weighted by atomic mass is 32.2. The van der Waals surface area contributed by atoms with Gasteiger partial charge >= 0.3 is 0 Å². The van der Waals surface area contributed by atoms with Crippen LogP contribution in [0.25, 0.3) is 0 Å². The van der Waals surface area contributed by atoms with Crippen molar-refractivity contribution in [3.63, 3.8) is 0 Å². The van der Waals surface area contributed by atoms with Crippen molar-refractivity contribution in [1.29, 1.82) is 0 Å². The molecule has 0 amide bonds. The number of rotatable bonds is 22. The van der Waals surface area contributed by atoms with Crippen LogP contribution in [0.4, 0.5) is 0 Å². The Labute approximate surface area is 182 Å². The van der Waals surface area contributed by atoms with Crippen molar-refractivity contribution in [3.05, 3.63) is 0 Å². The van der Waals surface area contributed by atoms with Gasteiger partial charge in [0.1, 0.15) is 0 Å². The van der Waals surface area contributed by atoms with Crippen LogP contribution in [0.1, 0.15) is 142 Å². The number of hydrogen-bond donors (Lipinski definition) is 2. The highest BCUT2D eigenvalue weighted by Crippen LogP contribution is 2.19. The summed E-state index contributed by atoms with van der Waals surface area (Å²) in [6, 6.07) is 0. The fraction of sp³-hybridized carbons (Fsp3) is 1.00. The van der Waals surface area contributed by atoms with E-state index in [1.807, 2.05) is 0 Å². The van der Waals surface area contributed by atoms with Crippen LogP contribution in [-0.4, -0.2) is 29.4 Å². The molecule has 0 aromatic rings. The molecule has 2 N–H and O–H groups in total. The summed E-state index contributed by atoms with van der Waals surface area (Å²) in [7, 11) is -3.90. The van der Waals surface area contributed by atoms with Gasteiger partial charge in [0.2, 0.25) is 0 Å². The zero-order valence-electron chi connectivity index (χ0n) is 19.4. The van der Waals surface area contributed by atoms with E-state index in [1.54, 1.807) is 0 Å². The summed E-state index contributed by atoms with van der Waals surface area (Å²) in [5.41, 5.74) is 0. The number of hydrogen-bond acceptors (Lipinski definition) is 3. The summed E-state index contributed by atoms with van der Waals surface area (Å²) in [5, 5.41) is 9.26. The van der Waals surface area contributed by atoms with Crippen LogP contribution in [0.3, 0.4) is 0 Å². The summed E-state index contributed by atoms with van der Waals surface area (Å²) >= 11 is 0. The quantitative estimate of drug-likeness (QED) is 0.137. The SMILES string of the molecule is CCCCCCCCC(CCCCCCCCCCC(O)CCCC)S(=O)(=O)O. The van der Waals surface area contributed by atoms with Crippen LogP contribution in [0.2, 0.25) is 0 Å². The van der Waals surface area contributed by atoms with Crippen molar-refractivity contribution in [3.8, 4) is 0 Å². The molecular formula is C24H50O4S. The first-order valence-electron chi connectivity index (χ1n) is 12.6. The fourth-order valence-corrected chi connectivity index (χ4v) is 4.92. The van der Waals surface area contributed by atoms with Crippen molar-refractivity contribution >= 4 is 10.1 Å². The van der Waals surface area contributed by atoms with E-state index in [-0.39, 0.29) is 6.10 Å². The Kier molecular flexibility index (Phi) is 19.7. The van der Waals surface area contributed by atoms with Crippen LogP contribution in [0.15, 0.2) is 0 Å². The summed E-state index contributed by atoms with van der Waals surface area (Å²) in [5.74, 6) is 0. The van der Waals surface area contributed by atoms with E-state index in [2.05, 4.69) is 13.8 Å². The fourth-order valence-electron chi connectivity index (χ4n) is 3.99. The summed E-state index contributed by atoms with van der Waals surface area (Å²) in [4.78, 5) is 0. The van der Waals surface area contributed by atoms with Crippen molar-refractivity contribution in [2.24, 2.45) is 0 Å². The smallest absolute Gasteiger partial charge is 0.267 e. The molecule has 0 rings (SSSR count). The molecule has 2 unspecified atom stereocenters. The second-order valence-electron chi connectivity index (χ2n) is 8.90. The van der Waals surface area contributed by atoms with Crippen LogP contribution in [0, 0.1) is 0 Å². The van der Waals surface area contributed by atoms with Crippen LogP contribution < -0.4 is 0 Å². The minimum Gasteiger partial charge on any atom is -0.393 e. The number of unbranched alkanes of at least 4 members (excludes halogenated alkanes) is 13. The van der Waals surface area contributed by atoms with Gasteiger partial charge in [0.25, 0.3) is 10.1 Å². The lowest BCUT2D eigenvalue weighted by molar-refractivity contribution is 0.148. The number of aliphatic hydroxyl groups excluding tert-OH is 1. The lowest BCUT2D eigenvalue weighted by atomic mass is 10.0. The van der Waals surface area contributed by atoms with Crippen LogP contribution in [0.5, 0.6) is 0 Å². The number of aliphatic hydroxyl groups is 1. The van der Waals surface area contributed by atoms with Gasteiger partial charge in [0.05, 0.1) is 11.4 Å². The second kappa shape index (κ2) is 19.8. The zero-order chi connectivity index (χ0) is 21.8.